The van der Waals surface area contributed by atoms with E-state index in [4.69, 9.17) is 0 Å². The van der Waals surface area contributed by atoms with Crippen LogP contribution in [-0.4, -0.2) is 15.7 Å². The smallest absolute Gasteiger partial charge is 0.250 e. The summed E-state index contributed by atoms with van der Waals surface area (Å²) in [6.45, 7) is 5.66. The fourth-order valence-corrected chi connectivity index (χ4v) is 1.19. The molecule has 3 heteroatoms. The van der Waals surface area contributed by atoms with Crippen molar-refractivity contribution < 1.29 is 4.79 Å². The first-order chi connectivity index (χ1) is 6.15. The van der Waals surface area contributed by atoms with Crippen LogP contribution in [0.15, 0.2) is 18.2 Å². The van der Waals surface area contributed by atoms with Crippen LogP contribution < -0.4 is 0 Å². The van der Waals surface area contributed by atoms with Gasteiger partial charge in [0.25, 0.3) is 5.91 Å². The van der Waals surface area contributed by atoms with E-state index in [0.717, 1.165) is 11.4 Å². The van der Waals surface area contributed by atoms with E-state index in [1.165, 1.54) is 4.68 Å². The maximum Gasteiger partial charge on any atom is 0.250 e. The van der Waals surface area contributed by atoms with Crippen LogP contribution in [0.1, 0.15) is 29.5 Å². The van der Waals surface area contributed by atoms with Gasteiger partial charge in [-0.15, -0.1) is 0 Å². The first kappa shape index (κ1) is 9.71. The van der Waals surface area contributed by atoms with Crippen molar-refractivity contribution in [2.24, 2.45) is 0 Å². The Kier molecular flexibility index (Phi) is 3.01. The molecule has 3 nitrogen and oxygen atoms in total. The third kappa shape index (κ3) is 2.28. The number of carbonyl (C=O) groups excluding carboxylic acids is 1. The molecule has 0 amide bonds. The predicted molar refractivity (Wildman–Crippen MR) is 51.8 cm³/mol. The monoisotopic (exact) mass is 178 g/mol. The van der Waals surface area contributed by atoms with E-state index in [2.05, 4.69) is 5.10 Å². The van der Waals surface area contributed by atoms with Crippen molar-refractivity contribution in [3.05, 3.63) is 29.6 Å². The van der Waals surface area contributed by atoms with E-state index in [9.17, 15) is 4.79 Å². The molecule has 1 aromatic rings. The van der Waals surface area contributed by atoms with Gasteiger partial charge in [-0.05, 0) is 26.8 Å². The Morgan fingerprint density at radius 3 is 2.77 bits per heavy atom. The molecule has 0 N–H and O–H groups in total. The maximum atomic E-state index is 11.5. The highest BCUT2D eigenvalue weighted by atomic mass is 16.2. The minimum atomic E-state index is 0.0173. The molecule has 1 rings (SSSR count). The second kappa shape index (κ2) is 4.03. The average molecular weight is 178 g/mol. The second-order valence-electron chi connectivity index (χ2n) is 3.01. The molecule has 0 aliphatic heterocycles. The Balaban J connectivity index is 2.82. The van der Waals surface area contributed by atoms with E-state index >= 15 is 0 Å². The van der Waals surface area contributed by atoms with Gasteiger partial charge in [0.1, 0.15) is 0 Å². The van der Waals surface area contributed by atoms with Gasteiger partial charge in [-0.3, -0.25) is 4.79 Å². The van der Waals surface area contributed by atoms with E-state index in [1.54, 1.807) is 0 Å². The van der Waals surface area contributed by atoms with Crippen LogP contribution in [0.4, 0.5) is 0 Å². The number of rotatable bonds is 2. The van der Waals surface area contributed by atoms with Crippen molar-refractivity contribution in [1.82, 2.24) is 9.78 Å². The van der Waals surface area contributed by atoms with E-state index in [-0.39, 0.29) is 5.91 Å². The lowest BCUT2D eigenvalue weighted by atomic mass is 10.3. The summed E-state index contributed by atoms with van der Waals surface area (Å²) in [6.07, 6.45) is 4.11. The number of aryl methyl sites for hydroxylation is 2. The standard InChI is InChI=1S/C10H14N2O/c1-4-5-6-10(13)12-9(3)7-8(2)11-12/h4-5,7H,6H2,1-3H3/b5-4+. The summed E-state index contributed by atoms with van der Waals surface area (Å²) in [5.74, 6) is 0.0173. The molecule has 1 heterocycles. The van der Waals surface area contributed by atoms with Crippen LogP contribution in [-0.2, 0) is 0 Å². The second-order valence-corrected chi connectivity index (χ2v) is 3.01. The van der Waals surface area contributed by atoms with Crippen LogP contribution in [0.5, 0.6) is 0 Å². The number of hydrogen-bond acceptors (Lipinski definition) is 2. The lowest BCUT2D eigenvalue weighted by molar-refractivity contribution is 0.0899. The third-order valence-corrected chi connectivity index (χ3v) is 1.77. The summed E-state index contributed by atoms with van der Waals surface area (Å²) in [5.41, 5.74) is 1.78. The van der Waals surface area contributed by atoms with Crippen molar-refractivity contribution >= 4 is 5.91 Å². The zero-order valence-electron chi connectivity index (χ0n) is 8.24. The highest BCUT2D eigenvalue weighted by Gasteiger charge is 2.07. The zero-order chi connectivity index (χ0) is 9.84. The Hall–Kier alpha value is -1.38. The molecule has 0 fully saturated rings. The largest absolute Gasteiger partial charge is 0.272 e. The van der Waals surface area contributed by atoms with Gasteiger partial charge in [0, 0.05) is 12.1 Å². The summed E-state index contributed by atoms with van der Waals surface area (Å²) < 4.78 is 1.45. The molecule has 0 radical (unpaired) electrons. The molecule has 70 valence electrons. The normalized spacial score (nSPS) is 11.0. The number of nitrogens with zero attached hydrogens (tertiary/aromatic N) is 2. The fourth-order valence-electron chi connectivity index (χ4n) is 1.19. The molecule has 13 heavy (non-hydrogen) atoms. The van der Waals surface area contributed by atoms with Crippen molar-refractivity contribution in [3.8, 4) is 0 Å². The van der Waals surface area contributed by atoms with E-state index in [1.807, 2.05) is 39.0 Å². The van der Waals surface area contributed by atoms with Crippen LogP contribution in [0.25, 0.3) is 0 Å². The molecule has 0 aliphatic rings. The van der Waals surface area contributed by atoms with Gasteiger partial charge in [0.05, 0.1) is 5.69 Å². The van der Waals surface area contributed by atoms with Crippen molar-refractivity contribution in [1.29, 1.82) is 0 Å². The van der Waals surface area contributed by atoms with Gasteiger partial charge < -0.3 is 0 Å². The Labute approximate surface area is 78.1 Å². The van der Waals surface area contributed by atoms with E-state index in [0.29, 0.717) is 6.42 Å². The van der Waals surface area contributed by atoms with Gasteiger partial charge in [0.2, 0.25) is 0 Å². The highest BCUT2D eigenvalue weighted by Crippen LogP contribution is 2.02. The van der Waals surface area contributed by atoms with Gasteiger partial charge in [-0.1, -0.05) is 12.2 Å². The summed E-state index contributed by atoms with van der Waals surface area (Å²) in [5, 5.41) is 4.10. The number of allylic oxidation sites excluding steroid dienone is 2. The van der Waals surface area contributed by atoms with Gasteiger partial charge in [-0.25, -0.2) is 4.68 Å². The fraction of sp³-hybridized carbons (Fsp3) is 0.400. The molecule has 0 atom stereocenters. The Morgan fingerprint density at radius 2 is 2.31 bits per heavy atom. The topological polar surface area (TPSA) is 34.9 Å². The highest BCUT2D eigenvalue weighted by molar-refractivity contribution is 5.80. The summed E-state index contributed by atoms with van der Waals surface area (Å²) in [7, 11) is 0. The Morgan fingerprint density at radius 1 is 1.62 bits per heavy atom. The zero-order valence-corrected chi connectivity index (χ0v) is 8.24. The van der Waals surface area contributed by atoms with Crippen molar-refractivity contribution in [3.63, 3.8) is 0 Å². The molecule has 0 saturated carbocycles. The summed E-state index contributed by atoms with van der Waals surface area (Å²) in [6, 6.07) is 1.90. The van der Waals surface area contributed by atoms with Crippen LogP contribution >= 0.6 is 0 Å². The lowest BCUT2D eigenvalue weighted by Gasteiger charge is -1.98. The average Bonchev–Trinajstić information content (AvgIpc) is 2.41. The molecule has 0 saturated heterocycles. The van der Waals surface area contributed by atoms with Crippen molar-refractivity contribution in [2.45, 2.75) is 27.2 Å². The molecule has 0 unspecified atom stereocenters. The quantitative estimate of drug-likeness (QED) is 0.650. The molecule has 0 spiro atoms. The summed E-state index contributed by atoms with van der Waals surface area (Å²) >= 11 is 0. The molecule has 0 bridgehead atoms. The number of carbonyl (C=O) groups is 1. The van der Waals surface area contributed by atoms with Crippen molar-refractivity contribution in [2.75, 3.05) is 0 Å². The molecule has 0 aliphatic carbocycles. The minimum Gasteiger partial charge on any atom is -0.272 e. The minimum absolute atomic E-state index is 0.0173. The SMILES string of the molecule is C/C=C/CC(=O)n1nc(C)cc1C. The van der Waals surface area contributed by atoms with E-state index < -0.39 is 0 Å². The molecule has 1 aromatic heterocycles. The maximum absolute atomic E-state index is 11.5. The first-order valence-corrected chi connectivity index (χ1v) is 4.32. The number of aromatic nitrogens is 2. The molecular formula is C10H14N2O. The lowest BCUT2D eigenvalue weighted by Crippen LogP contribution is -2.12. The van der Waals surface area contributed by atoms with Crippen LogP contribution in [0, 0.1) is 13.8 Å². The van der Waals surface area contributed by atoms with Crippen LogP contribution in [0.3, 0.4) is 0 Å². The number of hydrogen-bond donors (Lipinski definition) is 0. The van der Waals surface area contributed by atoms with Gasteiger partial charge in [0.15, 0.2) is 0 Å². The van der Waals surface area contributed by atoms with Gasteiger partial charge >= 0.3 is 0 Å². The third-order valence-electron chi connectivity index (χ3n) is 1.77. The molecule has 0 aromatic carbocycles. The Bertz CT molecular complexity index is 337. The van der Waals surface area contributed by atoms with Crippen LogP contribution in [0.2, 0.25) is 0 Å². The predicted octanol–water partition coefficient (Wildman–Crippen LogP) is 2.11. The van der Waals surface area contributed by atoms with Gasteiger partial charge in [-0.2, -0.15) is 5.10 Å². The molecular weight excluding hydrogens is 164 g/mol. The first-order valence-electron chi connectivity index (χ1n) is 4.32. The summed E-state index contributed by atoms with van der Waals surface area (Å²) in [4.78, 5) is 11.5.